The number of carbonyl (C=O) groups is 2. The summed E-state index contributed by atoms with van der Waals surface area (Å²) in [6.45, 7) is 2.40. The molecule has 0 aromatic heterocycles. The second kappa shape index (κ2) is 8.57. The van der Waals surface area contributed by atoms with Crippen molar-refractivity contribution in [3.05, 3.63) is 0 Å². The van der Waals surface area contributed by atoms with Crippen LogP contribution in [0.5, 0.6) is 0 Å². The van der Waals surface area contributed by atoms with Gasteiger partial charge in [0.2, 0.25) is 0 Å². The van der Waals surface area contributed by atoms with Crippen molar-refractivity contribution in [1.82, 2.24) is 0 Å². The summed E-state index contributed by atoms with van der Waals surface area (Å²) < 4.78 is 13.8. The van der Waals surface area contributed by atoms with Crippen LogP contribution in [0.2, 0.25) is 0 Å². The van der Waals surface area contributed by atoms with Gasteiger partial charge in [0.05, 0.1) is 0 Å². The predicted octanol–water partition coefficient (Wildman–Crippen LogP) is 0.156. The van der Waals surface area contributed by atoms with Gasteiger partial charge in [-0.05, 0) is 0 Å². The average Bonchev–Trinajstić information content (AvgIpc) is 2.31. The minimum absolute atomic E-state index is 0.111. The average molecular weight is 330 g/mol. The van der Waals surface area contributed by atoms with Crippen molar-refractivity contribution in [3.8, 4) is 0 Å². The topological polar surface area (TPSA) is 143 Å². The van der Waals surface area contributed by atoms with E-state index < -0.39 is 32.4 Å². The van der Waals surface area contributed by atoms with E-state index in [9.17, 15) is 9.59 Å². The quantitative estimate of drug-likeness (QED) is 0.325. The van der Waals surface area contributed by atoms with Crippen LogP contribution in [0.4, 0.5) is 0 Å². The zero-order chi connectivity index (χ0) is 16.5. The van der Waals surface area contributed by atoms with Crippen molar-refractivity contribution in [3.63, 3.8) is 0 Å². The Labute approximate surface area is 122 Å². The number of rotatable bonds is 10. The molecule has 0 aliphatic heterocycles. The molecule has 126 valence electrons. The molecule has 10 heteroatoms. The van der Waals surface area contributed by atoms with Crippen LogP contribution in [0.3, 0.4) is 0 Å². The molecule has 0 aliphatic carbocycles. The van der Waals surface area contributed by atoms with E-state index in [0.29, 0.717) is 12.8 Å². The zero-order valence-electron chi connectivity index (χ0n) is 12.1. The van der Waals surface area contributed by atoms with E-state index in [2.05, 4.69) is 4.52 Å². The summed E-state index contributed by atoms with van der Waals surface area (Å²) >= 11 is 0. The SMILES string of the molecule is CCCC(=O)OC[C@H](COP(O)(O)(O)O)OC(=O)CCC. The first kappa shape index (κ1) is 20.2. The van der Waals surface area contributed by atoms with Gasteiger partial charge in [0, 0.05) is 0 Å². The van der Waals surface area contributed by atoms with Crippen LogP contribution in [-0.4, -0.2) is 50.8 Å². The van der Waals surface area contributed by atoms with Gasteiger partial charge in [-0.15, -0.1) is 0 Å². The molecular formula is C11H23O9P. The van der Waals surface area contributed by atoms with Crippen LogP contribution in [0.1, 0.15) is 39.5 Å². The standard InChI is InChI=1S/C11H23O9P/c1-3-5-10(12)18-7-9(20-11(13)6-4-2)8-19-21(14,15,16)17/h9,14-17H,3-8H2,1-2H3/t9-/m1/s1. The fourth-order valence-electron chi connectivity index (χ4n) is 1.24. The van der Waals surface area contributed by atoms with Crippen LogP contribution in [0.25, 0.3) is 0 Å². The van der Waals surface area contributed by atoms with E-state index in [1.165, 1.54) is 0 Å². The molecule has 0 amide bonds. The first-order valence-corrected chi connectivity index (χ1v) is 8.52. The molecule has 0 saturated heterocycles. The Balaban J connectivity index is 4.47. The van der Waals surface area contributed by atoms with Gasteiger partial charge >= 0.3 is 122 Å². The number of hydrogen-bond donors (Lipinski definition) is 4. The van der Waals surface area contributed by atoms with E-state index in [1.807, 2.05) is 0 Å². The van der Waals surface area contributed by atoms with Gasteiger partial charge < -0.3 is 0 Å². The monoisotopic (exact) mass is 330 g/mol. The third kappa shape index (κ3) is 12.6. The third-order valence-corrected chi connectivity index (χ3v) is 2.74. The van der Waals surface area contributed by atoms with Gasteiger partial charge in [-0.1, -0.05) is 0 Å². The molecule has 21 heavy (non-hydrogen) atoms. The van der Waals surface area contributed by atoms with Crippen LogP contribution < -0.4 is 0 Å². The van der Waals surface area contributed by atoms with Crippen molar-refractivity contribution in [2.45, 2.75) is 45.6 Å². The van der Waals surface area contributed by atoms with Gasteiger partial charge in [-0.25, -0.2) is 0 Å². The first-order valence-electron chi connectivity index (χ1n) is 6.55. The Hall–Kier alpha value is -0.830. The van der Waals surface area contributed by atoms with E-state index in [1.54, 1.807) is 13.8 Å². The van der Waals surface area contributed by atoms with Crippen LogP contribution in [0, 0.1) is 0 Å². The van der Waals surface area contributed by atoms with Crippen molar-refractivity contribution >= 4 is 19.7 Å². The van der Waals surface area contributed by atoms with Crippen molar-refractivity contribution in [2.75, 3.05) is 13.2 Å². The Kier molecular flexibility index (Phi) is 8.23. The summed E-state index contributed by atoms with van der Waals surface area (Å²) in [6.07, 6.45) is 0.217. The molecular weight excluding hydrogens is 307 g/mol. The van der Waals surface area contributed by atoms with Gasteiger partial charge in [0.1, 0.15) is 0 Å². The number of ether oxygens (including phenoxy) is 2. The molecule has 0 aliphatic rings. The van der Waals surface area contributed by atoms with E-state index in [0.717, 1.165) is 0 Å². The van der Waals surface area contributed by atoms with Gasteiger partial charge in [-0.3, -0.25) is 0 Å². The maximum absolute atomic E-state index is 11.4. The third-order valence-electron chi connectivity index (χ3n) is 2.13. The van der Waals surface area contributed by atoms with Crippen molar-refractivity contribution in [2.24, 2.45) is 0 Å². The van der Waals surface area contributed by atoms with E-state index in [4.69, 9.17) is 29.0 Å². The second-order valence-corrected chi connectivity index (χ2v) is 6.44. The van der Waals surface area contributed by atoms with Gasteiger partial charge in [-0.2, -0.15) is 0 Å². The molecule has 4 N–H and O–H groups in total. The molecule has 0 fully saturated rings. The second-order valence-electron chi connectivity index (χ2n) is 4.45. The molecule has 0 rings (SSSR count). The fourth-order valence-corrected chi connectivity index (χ4v) is 1.68. The van der Waals surface area contributed by atoms with E-state index >= 15 is 0 Å². The van der Waals surface area contributed by atoms with E-state index in [-0.39, 0.29) is 19.4 Å². The minimum atomic E-state index is -6.15. The number of esters is 2. The molecule has 0 heterocycles. The van der Waals surface area contributed by atoms with Crippen LogP contribution >= 0.6 is 7.74 Å². The maximum atomic E-state index is 11.4. The summed E-state index contributed by atoms with van der Waals surface area (Å²) in [5, 5.41) is 0. The molecule has 1 atom stereocenters. The molecule has 0 aromatic carbocycles. The number of carbonyl (C=O) groups excluding carboxylic acids is 2. The summed E-state index contributed by atoms with van der Waals surface area (Å²) in [5.74, 6) is -1.13. The molecule has 0 unspecified atom stereocenters. The predicted molar refractivity (Wildman–Crippen MR) is 72.4 cm³/mol. The fraction of sp³-hybridized carbons (Fsp3) is 0.818. The Morgan fingerprint density at radius 2 is 1.48 bits per heavy atom. The molecule has 0 spiro atoms. The normalized spacial score (nSPS) is 14.9. The summed E-state index contributed by atoms with van der Waals surface area (Å²) in [4.78, 5) is 57.6. The number of hydrogen-bond acceptors (Lipinski definition) is 9. The first-order chi connectivity index (χ1) is 9.53. The van der Waals surface area contributed by atoms with Crippen molar-refractivity contribution < 1.29 is 43.2 Å². The molecule has 0 bridgehead atoms. The summed E-state index contributed by atoms with van der Waals surface area (Å²) in [5.41, 5.74) is 0. The molecule has 0 radical (unpaired) electrons. The molecule has 9 nitrogen and oxygen atoms in total. The zero-order valence-corrected chi connectivity index (χ0v) is 13.0. The summed E-state index contributed by atoms with van der Waals surface area (Å²) in [6, 6.07) is 0. The Bertz CT molecular complexity index is 340. The molecule has 0 aromatic rings. The Morgan fingerprint density at radius 1 is 0.952 bits per heavy atom. The van der Waals surface area contributed by atoms with Crippen molar-refractivity contribution in [1.29, 1.82) is 0 Å². The summed E-state index contributed by atoms with van der Waals surface area (Å²) in [7, 11) is -6.15. The Morgan fingerprint density at radius 3 is 1.95 bits per heavy atom. The van der Waals surface area contributed by atoms with Gasteiger partial charge in [0.25, 0.3) is 0 Å². The van der Waals surface area contributed by atoms with Crippen LogP contribution in [0.15, 0.2) is 0 Å². The van der Waals surface area contributed by atoms with Gasteiger partial charge in [0.15, 0.2) is 0 Å². The molecule has 0 saturated carbocycles. The van der Waals surface area contributed by atoms with Crippen LogP contribution in [-0.2, 0) is 23.6 Å².